The van der Waals surface area contributed by atoms with Crippen molar-refractivity contribution in [2.45, 2.75) is 26.8 Å². The molecule has 3 amide bonds. The van der Waals surface area contributed by atoms with Crippen molar-refractivity contribution in [3.63, 3.8) is 0 Å². The van der Waals surface area contributed by atoms with Crippen molar-refractivity contribution >= 4 is 11.9 Å². The highest BCUT2D eigenvalue weighted by molar-refractivity contribution is 5.94. The first-order valence-corrected chi connectivity index (χ1v) is 7.65. The third kappa shape index (κ3) is 7.08. The van der Waals surface area contributed by atoms with Gasteiger partial charge in [-0.05, 0) is 37.6 Å². The summed E-state index contributed by atoms with van der Waals surface area (Å²) in [5.41, 5.74) is 1.11. The molecule has 3 N–H and O–H groups in total. The van der Waals surface area contributed by atoms with Gasteiger partial charge in [-0.15, -0.1) is 0 Å². The van der Waals surface area contributed by atoms with Gasteiger partial charge in [-0.25, -0.2) is 4.79 Å². The summed E-state index contributed by atoms with van der Waals surface area (Å²) in [7, 11) is 1.92. The Balaban J connectivity index is 2.36. The van der Waals surface area contributed by atoms with Crippen LogP contribution in [0.2, 0.25) is 0 Å². The molecular weight excluding hydrogens is 282 g/mol. The molecule has 0 fully saturated rings. The lowest BCUT2D eigenvalue weighted by molar-refractivity contribution is -0.885. The van der Waals surface area contributed by atoms with Crippen molar-refractivity contribution in [3.05, 3.63) is 29.8 Å². The lowest BCUT2D eigenvalue weighted by atomic mass is 10.2. The van der Waals surface area contributed by atoms with Crippen LogP contribution in [0, 0.1) is 0 Å². The summed E-state index contributed by atoms with van der Waals surface area (Å²) in [5.74, 6) is 0.561. The fraction of sp³-hybridized carbons (Fsp3) is 0.500. The molecule has 1 unspecified atom stereocenters. The van der Waals surface area contributed by atoms with Crippen LogP contribution in [0.5, 0.6) is 5.75 Å². The predicted octanol–water partition coefficient (Wildman–Crippen LogP) is 0.336. The van der Waals surface area contributed by atoms with Crippen LogP contribution in [-0.2, 0) is 11.3 Å². The van der Waals surface area contributed by atoms with Gasteiger partial charge in [-0.1, -0.05) is 6.92 Å². The molecule has 1 aromatic carbocycles. The summed E-state index contributed by atoms with van der Waals surface area (Å²) in [4.78, 5) is 24.1. The van der Waals surface area contributed by atoms with Crippen LogP contribution in [0.1, 0.15) is 25.8 Å². The van der Waals surface area contributed by atoms with Crippen LogP contribution >= 0.6 is 0 Å². The van der Waals surface area contributed by atoms with Crippen LogP contribution in [0.15, 0.2) is 24.3 Å². The zero-order valence-electron chi connectivity index (χ0n) is 13.6. The van der Waals surface area contributed by atoms with Crippen molar-refractivity contribution < 1.29 is 19.2 Å². The van der Waals surface area contributed by atoms with Crippen LogP contribution < -0.4 is 20.3 Å². The smallest absolute Gasteiger partial charge is 0.321 e. The average Bonchev–Trinajstić information content (AvgIpc) is 2.47. The summed E-state index contributed by atoms with van der Waals surface area (Å²) in [6.45, 7) is 6.06. The van der Waals surface area contributed by atoms with E-state index in [2.05, 4.69) is 10.6 Å². The Morgan fingerprint density at radius 3 is 2.45 bits per heavy atom. The molecule has 1 aromatic rings. The van der Waals surface area contributed by atoms with E-state index in [9.17, 15) is 9.59 Å². The van der Waals surface area contributed by atoms with Crippen LogP contribution in [-0.4, -0.2) is 38.7 Å². The molecule has 0 aliphatic rings. The summed E-state index contributed by atoms with van der Waals surface area (Å²) in [6, 6.07) is 7.39. The Hall–Kier alpha value is -2.08. The van der Waals surface area contributed by atoms with E-state index in [0.717, 1.165) is 22.6 Å². The van der Waals surface area contributed by atoms with Gasteiger partial charge in [0.1, 0.15) is 12.3 Å². The number of carbonyl (C=O) groups excluding carboxylic acids is 2. The number of urea groups is 1. The number of rotatable bonds is 8. The van der Waals surface area contributed by atoms with E-state index >= 15 is 0 Å². The number of nitrogens with one attached hydrogen (secondary N) is 3. The van der Waals surface area contributed by atoms with E-state index in [-0.39, 0.29) is 12.5 Å². The Morgan fingerprint density at radius 2 is 1.86 bits per heavy atom. The lowest BCUT2D eigenvalue weighted by Gasteiger charge is -2.14. The maximum absolute atomic E-state index is 11.7. The first-order chi connectivity index (χ1) is 10.5. The van der Waals surface area contributed by atoms with Gasteiger partial charge in [0.2, 0.25) is 0 Å². The lowest BCUT2D eigenvalue weighted by Crippen LogP contribution is -3.09. The summed E-state index contributed by atoms with van der Waals surface area (Å²) >= 11 is 0. The van der Waals surface area contributed by atoms with E-state index < -0.39 is 6.03 Å². The molecule has 0 aliphatic heterocycles. The van der Waals surface area contributed by atoms with E-state index in [0.29, 0.717) is 19.7 Å². The van der Waals surface area contributed by atoms with Gasteiger partial charge in [-0.2, -0.15) is 0 Å². The number of hydrogen-bond donors (Lipinski definition) is 3. The minimum absolute atomic E-state index is 0.243. The maximum Gasteiger partial charge on any atom is 0.321 e. The summed E-state index contributed by atoms with van der Waals surface area (Å²) in [5, 5.41) is 4.94. The number of carbonyl (C=O) groups is 2. The zero-order valence-corrected chi connectivity index (χ0v) is 13.6. The number of hydrogen-bond acceptors (Lipinski definition) is 3. The molecule has 122 valence electrons. The van der Waals surface area contributed by atoms with Crippen molar-refractivity contribution in [3.8, 4) is 5.75 Å². The normalized spacial score (nSPS) is 11.6. The molecule has 0 heterocycles. The Kier molecular flexibility index (Phi) is 7.99. The van der Waals surface area contributed by atoms with Gasteiger partial charge in [0.15, 0.2) is 6.54 Å². The highest BCUT2D eigenvalue weighted by Gasteiger charge is 2.13. The second kappa shape index (κ2) is 9.78. The van der Waals surface area contributed by atoms with Crippen LogP contribution in [0.3, 0.4) is 0 Å². The Labute approximate surface area is 131 Å². The van der Waals surface area contributed by atoms with Crippen LogP contribution in [0.4, 0.5) is 4.79 Å². The first-order valence-electron chi connectivity index (χ1n) is 7.65. The molecule has 0 saturated carbocycles. The molecule has 1 atom stereocenters. The zero-order chi connectivity index (χ0) is 16.4. The number of quaternary nitrogens is 1. The molecule has 0 aromatic heterocycles. The molecule has 0 aliphatic carbocycles. The minimum Gasteiger partial charge on any atom is -0.494 e. The third-order valence-electron chi connectivity index (χ3n) is 2.99. The fourth-order valence-corrected chi connectivity index (χ4v) is 2.01. The number of amides is 3. The molecule has 0 spiro atoms. The average molecular weight is 308 g/mol. The molecule has 0 radical (unpaired) electrons. The molecule has 6 heteroatoms. The highest BCUT2D eigenvalue weighted by atomic mass is 16.5. The Bertz CT molecular complexity index is 474. The number of ether oxygens (including phenoxy) is 1. The summed E-state index contributed by atoms with van der Waals surface area (Å²) in [6.07, 6.45) is 0.838. The predicted molar refractivity (Wildman–Crippen MR) is 84.9 cm³/mol. The molecular formula is C16H26N3O3+. The van der Waals surface area contributed by atoms with Gasteiger partial charge >= 0.3 is 6.03 Å². The van der Waals surface area contributed by atoms with Gasteiger partial charge in [0.05, 0.1) is 13.7 Å². The first kappa shape index (κ1) is 18.0. The molecule has 0 saturated heterocycles. The second-order valence-electron chi connectivity index (χ2n) is 5.19. The van der Waals surface area contributed by atoms with Crippen LogP contribution in [0.25, 0.3) is 0 Å². The van der Waals surface area contributed by atoms with Gasteiger partial charge in [-0.3, -0.25) is 10.1 Å². The second-order valence-corrected chi connectivity index (χ2v) is 5.19. The largest absolute Gasteiger partial charge is 0.494 e. The quantitative estimate of drug-likeness (QED) is 0.648. The molecule has 1 rings (SSSR count). The SMILES string of the molecule is CCCNC(=O)NC(=O)C[NH+](C)Cc1ccc(OCC)cc1. The number of benzene rings is 1. The van der Waals surface area contributed by atoms with E-state index in [4.69, 9.17) is 4.74 Å². The van der Waals surface area contributed by atoms with Gasteiger partial charge < -0.3 is 15.0 Å². The molecule has 0 bridgehead atoms. The van der Waals surface area contributed by atoms with Gasteiger partial charge in [0.25, 0.3) is 5.91 Å². The van der Waals surface area contributed by atoms with Crippen molar-refractivity contribution in [2.75, 3.05) is 26.7 Å². The maximum atomic E-state index is 11.7. The van der Waals surface area contributed by atoms with Crippen molar-refractivity contribution in [2.24, 2.45) is 0 Å². The summed E-state index contributed by atoms with van der Waals surface area (Å²) < 4.78 is 5.39. The van der Waals surface area contributed by atoms with Gasteiger partial charge in [0, 0.05) is 12.1 Å². The van der Waals surface area contributed by atoms with E-state index in [1.165, 1.54) is 0 Å². The minimum atomic E-state index is -0.430. The standard InChI is InChI=1S/C16H25N3O3/c1-4-10-17-16(21)18-15(20)12-19(3)11-13-6-8-14(9-7-13)22-5-2/h6-9H,4-5,10-12H2,1-3H3,(H2,17,18,20,21)/p+1. The monoisotopic (exact) mass is 308 g/mol. The topological polar surface area (TPSA) is 71.9 Å². The Morgan fingerprint density at radius 1 is 1.18 bits per heavy atom. The third-order valence-corrected chi connectivity index (χ3v) is 2.99. The number of likely N-dealkylation sites (N-methyl/N-ethyl adjacent to an activating group) is 1. The van der Waals surface area contributed by atoms with Crippen molar-refractivity contribution in [1.82, 2.24) is 10.6 Å². The van der Waals surface area contributed by atoms with E-state index in [1.807, 2.05) is 45.2 Å². The molecule has 22 heavy (non-hydrogen) atoms. The molecule has 6 nitrogen and oxygen atoms in total. The highest BCUT2D eigenvalue weighted by Crippen LogP contribution is 2.11. The number of imide groups is 1. The van der Waals surface area contributed by atoms with E-state index in [1.54, 1.807) is 0 Å². The fourth-order valence-electron chi connectivity index (χ4n) is 2.01. The van der Waals surface area contributed by atoms with Crippen molar-refractivity contribution in [1.29, 1.82) is 0 Å².